The highest BCUT2D eigenvalue weighted by Gasteiger charge is 2.20. The van der Waals surface area contributed by atoms with E-state index < -0.39 is 5.82 Å². The molecule has 7 nitrogen and oxygen atoms in total. The van der Waals surface area contributed by atoms with Crippen molar-refractivity contribution in [2.45, 2.75) is 0 Å². The highest BCUT2D eigenvalue weighted by molar-refractivity contribution is 7.14. The Morgan fingerprint density at radius 3 is 2.61 bits per heavy atom. The van der Waals surface area contributed by atoms with Crippen LogP contribution < -0.4 is 0 Å². The molecule has 0 saturated heterocycles. The summed E-state index contributed by atoms with van der Waals surface area (Å²) in [5, 5.41) is 7.15. The zero-order valence-electron chi connectivity index (χ0n) is 15.6. The van der Waals surface area contributed by atoms with E-state index in [0.717, 1.165) is 21.8 Å². The van der Waals surface area contributed by atoms with Crippen LogP contribution in [0.1, 0.15) is 0 Å². The number of hydrogen-bond acceptors (Lipinski definition) is 6. The molecule has 10 heteroatoms. The molecule has 0 atom stereocenters. The number of rotatable bonds is 3. The maximum absolute atomic E-state index is 15.5. The summed E-state index contributed by atoms with van der Waals surface area (Å²) in [5.41, 5.74) is 3.60. The Balaban J connectivity index is 1.56. The molecular weight excluding hydrogens is 420 g/mol. The normalized spacial score (nSPS) is 11.5. The predicted octanol–water partition coefficient (Wildman–Crippen LogP) is 4.96. The maximum atomic E-state index is 15.5. The summed E-state index contributed by atoms with van der Waals surface area (Å²) in [5.74, 6) is -0.0939. The van der Waals surface area contributed by atoms with Crippen LogP contribution in [0.25, 0.3) is 55.2 Å². The molecule has 0 amide bonds. The molecule has 0 bridgehead atoms. The van der Waals surface area contributed by atoms with Crippen LogP contribution in [0, 0.1) is 10.9 Å². The molecule has 31 heavy (non-hydrogen) atoms. The second-order valence-electron chi connectivity index (χ2n) is 6.80. The molecule has 2 N–H and O–H groups in total. The van der Waals surface area contributed by atoms with E-state index in [1.54, 1.807) is 42.9 Å². The molecule has 0 aliphatic rings. The van der Waals surface area contributed by atoms with Crippen LogP contribution in [-0.2, 0) is 0 Å². The van der Waals surface area contributed by atoms with Crippen LogP contribution in [0.3, 0.4) is 0 Å². The average Bonchev–Trinajstić information content (AvgIpc) is 3.52. The van der Waals surface area contributed by atoms with Gasteiger partial charge in [-0.1, -0.05) is 0 Å². The molecule has 6 aromatic rings. The van der Waals surface area contributed by atoms with Crippen molar-refractivity contribution >= 4 is 33.4 Å². The van der Waals surface area contributed by atoms with Gasteiger partial charge >= 0.3 is 0 Å². The van der Waals surface area contributed by atoms with Gasteiger partial charge in [0.05, 0.1) is 16.4 Å². The number of fused-ring (bicyclic) bond motifs is 2. The second kappa shape index (κ2) is 6.74. The van der Waals surface area contributed by atoms with Crippen LogP contribution in [0.2, 0.25) is 0 Å². The first-order valence-corrected chi connectivity index (χ1v) is 10.0. The molecule has 0 aliphatic heterocycles. The van der Waals surface area contributed by atoms with E-state index >= 15 is 4.39 Å². The number of hydrogen-bond donors (Lipinski definition) is 2. The molecule has 5 heterocycles. The van der Waals surface area contributed by atoms with Gasteiger partial charge in [-0.25, -0.2) is 24.3 Å². The number of H-pyrrole nitrogens is 2. The minimum absolute atomic E-state index is 0.280. The number of imidazole rings is 1. The maximum Gasteiger partial charge on any atom is 0.178 e. The number of nitrogens with one attached hydrogen (secondary N) is 2. The number of thiophene rings is 1. The van der Waals surface area contributed by atoms with E-state index in [1.165, 1.54) is 12.4 Å². The van der Waals surface area contributed by atoms with Crippen molar-refractivity contribution in [1.29, 1.82) is 0 Å². The summed E-state index contributed by atoms with van der Waals surface area (Å²) in [7, 11) is 0. The number of nitrogens with zero attached hydrogens (tertiary/aromatic N) is 5. The third-order valence-electron chi connectivity index (χ3n) is 4.99. The minimum Gasteiger partial charge on any atom is -0.335 e. The molecular formula is C21H11F2N7S. The van der Waals surface area contributed by atoms with Crippen molar-refractivity contribution in [1.82, 2.24) is 35.1 Å². The van der Waals surface area contributed by atoms with Crippen LogP contribution in [0.15, 0.2) is 55.2 Å². The molecule has 0 fully saturated rings. The first kappa shape index (κ1) is 17.8. The van der Waals surface area contributed by atoms with Crippen LogP contribution in [0.5, 0.6) is 0 Å². The topological polar surface area (TPSA) is 96.0 Å². The SMILES string of the molecule is Fc1ccc(-c2ccnc3nc(-c4n[nH]c5ccc(-c6cncnc6)c(F)c45)[nH]c23)s1. The molecule has 6 rings (SSSR count). The van der Waals surface area contributed by atoms with Gasteiger partial charge in [0.15, 0.2) is 16.6 Å². The van der Waals surface area contributed by atoms with Crippen molar-refractivity contribution in [3.8, 4) is 33.1 Å². The van der Waals surface area contributed by atoms with Gasteiger partial charge in [-0.05, 0) is 30.3 Å². The molecule has 0 radical (unpaired) electrons. The Labute approximate surface area is 176 Å². The lowest BCUT2D eigenvalue weighted by Crippen LogP contribution is -1.90. The summed E-state index contributed by atoms with van der Waals surface area (Å²) >= 11 is 1.03. The smallest absolute Gasteiger partial charge is 0.178 e. The summed E-state index contributed by atoms with van der Waals surface area (Å²) in [6, 6.07) is 8.30. The molecule has 0 aliphatic carbocycles. The Morgan fingerprint density at radius 2 is 1.81 bits per heavy atom. The zero-order chi connectivity index (χ0) is 20.9. The van der Waals surface area contributed by atoms with Crippen LogP contribution >= 0.6 is 11.3 Å². The third-order valence-corrected chi connectivity index (χ3v) is 5.90. The largest absolute Gasteiger partial charge is 0.335 e. The predicted molar refractivity (Wildman–Crippen MR) is 113 cm³/mol. The zero-order valence-corrected chi connectivity index (χ0v) is 16.4. The Bertz CT molecular complexity index is 1570. The fourth-order valence-electron chi connectivity index (χ4n) is 3.59. The van der Waals surface area contributed by atoms with E-state index in [4.69, 9.17) is 0 Å². The molecule has 0 unspecified atom stereocenters. The van der Waals surface area contributed by atoms with E-state index in [1.807, 2.05) is 0 Å². The van der Waals surface area contributed by atoms with Crippen molar-refractivity contribution < 1.29 is 8.78 Å². The number of aromatic nitrogens is 7. The van der Waals surface area contributed by atoms with Gasteiger partial charge in [0.2, 0.25) is 0 Å². The fourth-order valence-corrected chi connectivity index (χ4v) is 4.36. The Kier molecular flexibility index (Phi) is 3.87. The molecule has 0 spiro atoms. The lowest BCUT2D eigenvalue weighted by molar-refractivity contribution is 0.643. The standard InChI is InChI=1S/C21H11F2N7S/c22-15-4-3-14(31-15)12-5-6-26-20-18(12)27-21(28-20)19-16-13(29-30-19)2-1-11(17(16)23)10-7-24-9-25-8-10/h1-9H,(H,29,30)(H,26,27,28). The van der Waals surface area contributed by atoms with Gasteiger partial charge in [0.25, 0.3) is 0 Å². The molecule has 0 saturated carbocycles. The average molecular weight is 431 g/mol. The first-order valence-electron chi connectivity index (χ1n) is 9.22. The van der Waals surface area contributed by atoms with E-state index in [2.05, 4.69) is 35.1 Å². The quantitative estimate of drug-likeness (QED) is 0.413. The Morgan fingerprint density at radius 1 is 0.935 bits per heavy atom. The van der Waals surface area contributed by atoms with Crippen LogP contribution in [-0.4, -0.2) is 35.1 Å². The molecule has 5 aromatic heterocycles. The Hall–Kier alpha value is -4.05. The molecule has 1 aromatic carbocycles. The van der Waals surface area contributed by atoms with Crippen molar-refractivity contribution in [3.05, 3.63) is 66.2 Å². The highest BCUT2D eigenvalue weighted by Crippen LogP contribution is 2.36. The number of aromatic amines is 2. The third kappa shape index (κ3) is 2.80. The van der Waals surface area contributed by atoms with Crippen molar-refractivity contribution in [3.63, 3.8) is 0 Å². The van der Waals surface area contributed by atoms with E-state index in [-0.39, 0.29) is 5.13 Å². The summed E-state index contributed by atoms with van der Waals surface area (Å²) < 4.78 is 29.1. The monoisotopic (exact) mass is 431 g/mol. The number of halogens is 2. The number of pyridine rings is 1. The van der Waals surface area contributed by atoms with Gasteiger partial charge in [0, 0.05) is 40.2 Å². The summed E-state index contributed by atoms with van der Waals surface area (Å²) in [6.07, 6.45) is 6.10. The fraction of sp³-hybridized carbons (Fsp3) is 0. The van der Waals surface area contributed by atoms with E-state index in [9.17, 15) is 4.39 Å². The number of benzene rings is 1. The summed E-state index contributed by atoms with van der Waals surface area (Å²) in [4.78, 5) is 20.7. The van der Waals surface area contributed by atoms with Crippen molar-refractivity contribution in [2.24, 2.45) is 0 Å². The van der Waals surface area contributed by atoms with E-state index in [0.29, 0.717) is 44.7 Å². The summed E-state index contributed by atoms with van der Waals surface area (Å²) in [6.45, 7) is 0. The molecule has 150 valence electrons. The van der Waals surface area contributed by atoms with Gasteiger partial charge in [-0.3, -0.25) is 5.10 Å². The van der Waals surface area contributed by atoms with Gasteiger partial charge in [-0.15, -0.1) is 11.3 Å². The lowest BCUT2D eigenvalue weighted by Gasteiger charge is -2.04. The van der Waals surface area contributed by atoms with Crippen molar-refractivity contribution in [2.75, 3.05) is 0 Å². The first-order chi connectivity index (χ1) is 15.2. The van der Waals surface area contributed by atoms with Crippen LogP contribution in [0.4, 0.5) is 8.78 Å². The highest BCUT2D eigenvalue weighted by atomic mass is 32.1. The minimum atomic E-state index is -0.454. The van der Waals surface area contributed by atoms with Gasteiger partial charge in [0.1, 0.15) is 17.8 Å². The van der Waals surface area contributed by atoms with Gasteiger partial charge in [-0.2, -0.15) is 9.49 Å². The lowest BCUT2D eigenvalue weighted by atomic mass is 10.0. The second-order valence-corrected chi connectivity index (χ2v) is 7.83. The van der Waals surface area contributed by atoms with Gasteiger partial charge < -0.3 is 4.98 Å².